The molecule has 1 aromatic heterocycles. The number of ether oxygens (including phenoxy) is 1. The minimum absolute atomic E-state index is 0.208. The van der Waals surface area contributed by atoms with Gasteiger partial charge in [-0.3, -0.25) is 0 Å². The molecule has 0 aliphatic carbocycles. The lowest BCUT2D eigenvalue weighted by atomic mass is 10.00. The summed E-state index contributed by atoms with van der Waals surface area (Å²) < 4.78 is 5.12. The molecule has 1 unspecified atom stereocenters. The van der Waals surface area contributed by atoms with E-state index in [0.717, 1.165) is 0 Å². The average molecular weight is 280 g/mol. The van der Waals surface area contributed by atoms with E-state index in [4.69, 9.17) is 27.8 Å². The van der Waals surface area contributed by atoms with Crippen molar-refractivity contribution in [2.45, 2.75) is 6.10 Å². The van der Waals surface area contributed by atoms with Gasteiger partial charge in [-0.05, 0) is 12.1 Å². The molecule has 5 nitrogen and oxygen atoms in total. The molecule has 0 saturated carbocycles. The third-order valence-corrected chi connectivity index (χ3v) is 3.03. The summed E-state index contributed by atoms with van der Waals surface area (Å²) >= 11 is 5.86. The summed E-state index contributed by atoms with van der Waals surface area (Å²) in [5, 5.41) is 10.8. The van der Waals surface area contributed by atoms with E-state index in [1.54, 1.807) is 24.3 Å². The molecule has 0 radical (unpaired) electrons. The number of methoxy groups -OCH3 is 1. The number of aromatic nitrogens is 1. The highest BCUT2D eigenvalue weighted by Crippen LogP contribution is 2.34. The van der Waals surface area contributed by atoms with Crippen molar-refractivity contribution in [1.29, 1.82) is 0 Å². The quantitative estimate of drug-likeness (QED) is 0.747. The van der Waals surface area contributed by atoms with Crippen molar-refractivity contribution in [2.75, 3.05) is 18.6 Å². The Balaban J connectivity index is 2.50. The number of rotatable bonds is 3. The van der Waals surface area contributed by atoms with Crippen molar-refractivity contribution < 1.29 is 9.84 Å². The minimum atomic E-state index is -1.01. The van der Waals surface area contributed by atoms with Crippen LogP contribution in [0.3, 0.4) is 0 Å². The first-order valence-electron chi connectivity index (χ1n) is 5.56. The lowest BCUT2D eigenvalue weighted by molar-refractivity contribution is 0.221. The number of nitrogen functional groups attached to an aromatic ring is 2. The van der Waals surface area contributed by atoms with E-state index in [-0.39, 0.29) is 5.82 Å². The Morgan fingerprint density at radius 1 is 1.32 bits per heavy atom. The van der Waals surface area contributed by atoms with Crippen LogP contribution in [0.1, 0.15) is 17.2 Å². The zero-order valence-electron chi connectivity index (χ0n) is 10.3. The smallest absolute Gasteiger partial charge is 0.142 e. The van der Waals surface area contributed by atoms with Gasteiger partial charge >= 0.3 is 0 Å². The molecule has 19 heavy (non-hydrogen) atoms. The Hall–Kier alpha value is -1.98. The number of nitrogens with zero attached hydrogens (tertiary/aromatic N) is 1. The van der Waals surface area contributed by atoms with Gasteiger partial charge in [0.2, 0.25) is 0 Å². The van der Waals surface area contributed by atoms with Crippen molar-refractivity contribution in [2.24, 2.45) is 0 Å². The molecule has 0 amide bonds. The minimum Gasteiger partial charge on any atom is -0.495 e. The molecule has 0 bridgehead atoms. The second-order valence-corrected chi connectivity index (χ2v) is 4.43. The second-order valence-electron chi connectivity index (χ2n) is 3.99. The largest absolute Gasteiger partial charge is 0.495 e. The number of aliphatic hydroxyl groups is 1. The summed E-state index contributed by atoms with van der Waals surface area (Å²) in [7, 11) is 1.51. The molecule has 0 aliphatic heterocycles. The Kier molecular flexibility index (Phi) is 3.78. The number of aliphatic hydroxyl groups excluding tert-OH is 1. The molecule has 0 saturated heterocycles. The summed E-state index contributed by atoms with van der Waals surface area (Å²) in [6.45, 7) is 0. The molecule has 1 aromatic carbocycles. The summed E-state index contributed by atoms with van der Waals surface area (Å²) in [6.07, 6.45) is 0.406. The number of anilines is 2. The molecule has 2 rings (SSSR count). The van der Waals surface area contributed by atoms with Crippen LogP contribution in [0.25, 0.3) is 0 Å². The van der Waals surface area contributed by atoms with Gasteiger partial charge in [0.15, 0.2) is 0 Å². The van der Waals surface area contributed by atoms with Gasteiger partial charge in [-0.2, -0.15) is 0 Å². The first-order chi connectivity index (χ1) is 9.04. The number of nitrogens with two attached hydrogens (primary N) is 2. The van der Waals surface area contributed by atoms with Gasteiger partial charge < -0.3 is 21.3 Å². The SMILES string of the molecule is COc1cccc(C(O)c2cc(Cl)cnc2N)c1N. The van der Waals surface area contributed by atoms with Gasteiger partial charge in [-0.1, -0.05) is 23.7 Å². The molecule has 1 heterocycles. The predicted octanol–water partition coefficient (Wildman–Crippen LogP) is 1.99. The molecule has 100 valence electrons. The molecule has 6 heteroatoms. The van der Waals surface area contributed by atoms with Crippen molar-refractivity contribution in [3.05, 3.63) is 46.6 Å². The van der Waals surface area contributed by atoms with E-state index in [2.05, 4.69) is 4.98 Å². The first kappa shape index (κ1) is 13.5. The van der Waals surface area contributed by atoms with Crippen LogP contribution in [0.2, 0.25) is 5.02 Å². The third kappa shape index (κ3) is 2.57. The average Bonchev–Trinajstić information content (AvgIpc) is 2.41. The van der Waals surface area contributed by atoms with Crippen LogP contribution < -0.4 is 16.2 Å². The number of hydrogen-bond donors (Lipinski definition) is 3. The van der Waals surface area contributed by atoms with Crippen LogP contribution in [-0.4, -0.2) is 17.2 Å². The molecule has 0 aliphatic rings. The zero-order valence-corrected chi connectivity index (χ0v) is 11.1. The number of benzene rings is 1. The lowest BCUT2D eigenvalue weighted by Crippen LogP contribution is -2.08. The fourth-order valence-electron chi connectivity index (χ4n) is 1.83. The number of halogens is 1. The number of para-hydroxylation sites is 1. The van der Waals surface area contributed by atoms with E-state index in [1.807, 2.05) is 0 Å². The van der Waals surface area contributed by atoms with E-state index in [1.165, 1.54) is 13.3 Å². The normalized spacial score (nSPS) is 12.2. The molecular weight excluding hydrogens is 266 g/mol. The van der Waals surface area contributed by atoms with Crippen LogP contribution in [0, 0.1) is 0 Å². The van der Waals surface area contributed by atoms with Gasteiger partial charge in [0, 0.05) is 17.3 Å². The van der Waals surface area contributed by atoms with Gasteiger partial charge in [0.1, 0.15) is 17.7 Å². The topological polar surface area (TPSA) is 94.4 Å². The van der Waals surface area contributed by atoms with Crippen molar-refractivity contribution in [3.8, 4) is 5.75 Å². The molecule has 5 N–H and O–H groups in total. The first-order valence-corrected chi connectivity index (χ1v) is 5.93. The van der Waals surface area contributed by atoms with Crippen molar-refractivity contribution in [3.63, 3.8) is 0 Å². The lowest BCUT2D eigenvalue weighted by Gasteiger charge is -2.17. The number of hydrogen-bond acceptors (Lipinski definition) is 5. The highest BCUT2D eigenvalue weighted by Gasteiger charge is 2.19. The molecule has 1 atom stereocenters. The number of pyridine rings is 1. The van der Waals surface area contributed by atoms with E-state index < -0.39 is 6.10 Å². The fourth-order valence-corrected chi connectivity index (χ4v) is 2.00. The molecular formula is C13H14ClN3O2. The van der Waals surface area contributed by atoms with E-state index >= 15 is 0 Å². The van der Waals surface area contributed by atoms with Crippen LogP contribution >= 0.6 is 11.6 Å². The Morgan fingerprint density at radius 2 is 2.05 bits per heavy atom. The van der Waals surface area contributed by atoms with Gasteiger partial charge in [-0.15, -0.1) is 0 Å². The Bertz CT molecular complexity index is 604. The molecule has 0 spiro atoms. The highest BCUT2D eigenvalue weighted by atomic mass is 35.5. The van der Waals surface area contributed by atoms with Gasteiger partial charge in [-0.25, -0.2) is 4.98 Å². The van der Waals surface area contributed by atoms with Crippen LogP contribution in [0.15, 0.2) is 30.5 Å². The summed E-state index contributed by atoms with van der Waals surface area (Å²) in [4.78, 5) is 3.91. The monoisotopic (exact) mass is 279 g/mol. The van der Waals surface area contributed by atoms with Crippen molar-refractivity contribution >= 4 is 23.1 Å². The highest BCUT2D eigenvalue weighted by molar-refractivity contribution is 6.30. The van der Waals surface area contributed by atoms with E-state index in [9.17, 15) is 5.11 Å². The zero-order chi connectivity index (χ0) is 14.0. The van der Waals surface area contributed by atoms with Crippen molar-refractivity contribution in [1.82, 2.24) is 4.98 Å². The molecule has 2 aromatic rings. The summed E-state index contributed by atoms with van der Waals surface area (Å²) in [6, 6.07) is 6.71. The van der Waals surface area contributed by atoms with Crippen LogP contribution in [0.5, 0.6) is 5.75 Å². The maximum Gasteiger partial charge on any atom is 0.142 e. The predicted molar refractivity (Wildman–Crippen MR) is 75.1 cm³/mol. The van der Waals surface area contributed by atoms with Gasteiger partial charge in [0.05, 0.1) is 17.8 Å². The Morgan fingerprint density at radius 3 is 2.74 bits per heavy atom. The van der Waals surface area contributed by atoms with Gasteiger partial charge in [0.25, 0.3) is 0 Å². The van der Waals surface area contributed by atoms with Crippen LogP contribution in [-0.2, 0) is 0 Å². The molecule has 0 fully saturated rings. The van der Waals surface area contributed by atoms with E-state index in [0.29, 0.717) is 27.6 Å². The second kappa shape index (κ2) is 5.34. The maximum atomic E-state index is 10.4. The standard InChI is InChI=1S/C13H14ClN3O2/c1-19-10-4-2-3-8(11(10)15)12(18)9-5-7(14)6-17-13(9)16/h2-6,12,18H,15H2,1H3,(H2,16,17). The third-order valence-electron chi connectivity index (χ3n) is 2.83. The summed E-state index contributed by atoms with van der Waals surface area (Å²) in [5.41, 5.74) is 13.0. The summed E-state index contributed by atoms with van der Waals surface area (Å²) in [5.74, 6) is 0.698. The maximum absolute atomic E-state index is 10.4. The van der Waals surface area contributed by atoms with Crippen LogP contribution in [0.4, 0.5) is 11.5 Å². The fraction of sp³-hybridized carbons (Fsp3) is 0.154. The Labute approximate surface area is 115 Å².